The molecule has 4 amide bonds. The van der Waals surface area contributed by atoms with Crippen LogP contribution < -0.4 is 14.8 Å². The van der Waals surface area contributed by atoms with Crippen LogP contribution in [-0.2, 0) is 16.2 Å². The number of methoxy groups -OCH3 is 1. The van der Waals surface area contributed by atoms with Crippen molar-refractivity contribution < 1.29 is 23.9 Å². The highest BCUT2D eigenvalue weighted by molar-refractivity contribution is 9.10. The van der Waals surface area contributed by atoms with Crippen molar-refractivity contribution in [3.05, 3.63) is 70.5 Å². The number of imide groups is 2. The molecule has 0 saturated carbocycles. The van der Waals surface area contributed by atoms with Crippen molar-refractivity contribution in [2.75, 3.05) is 13.7 Å². The topological polar surface area (TPSA) is 97.8 Å². The number of aromatic nitrogens is 1. The molecule has 0 unspecified atom stereocenters. The molecule has 2 heterocycles. The van der Waals surface area contributed by atoms with Crippen molar-refractivity contribution in [2.24, 2.45) is 0 Å². The van der Waals surface area contributed by atoms with Crippen molar-refractivity contribution in [1.29, 1.82) is 0 Å². The Labute approximate surface area is 181 Å². The fourth-order valence-corrected chi connectivity index (χ4v) is 3.33. The molecule has 1 saturated heterocycles. The number of barbiturate groups is 1. The summed E-state index contributed by atoms with van der Waals surface area (Å²) in [6.45, 7) is 3.81. The summed E-state index contributed by atoms with van der Waals surface area (Å²) >= 11 is 3.44. The third-order valence-corrected chi connectivity index (χ3v) is 4.78. The normalized spacial score (nSPS) is 15.2. The summed E-state index contributed by atoms with van der Waals surface area (Å²) in [4.78, 5) is 41.5. The first-order chi connectivity index (χ1) is 14.4. The first kappa shape index (κ1) is 21.3. The Bertz CT molecular complexity index is 1040. The lowest BCUT2D eigenvalue weighted by atomic mass is 10.1. The zero-order valence-electron chi connectivity index (χ0n) is 16.1. The second kappa shape index (κ2) is 9.36. The van der Waals surface area contributed by atoms with Crippen molar-refractivity contribution in [3.63, 3.8) is 0 Å². The molecule has 3 rings (SSSR count). The summed E-state index contributed by atoms with van der Waals surface area (Å²) in [7, 11) is 1.49. The minimum atomic E-state index is -0.777. The molecular weight excluding hydrogens is 454 g/mol. The van der Waals surface area contributed by atoms with Gasteiger partial charge >= 0.3 is 6.03 Å². The Kier molecular flexibility index (Phi) is 6.63. The highest BCUT2D eigenvalue weighted by atomic mass is 79.9. The van der Waals surface area contributed by atoms with Gasteiger partial charge in [0.1, 0.15) is 12.2 Å². The Hall–Kier alpha value is -3.46. The molecule has 0 aliphatic carbocycles. The van der Waals surface area contributed by atoms with E-state index in [-0.39, 0.29) is 12.1 Å². The van der Waals surface area contributed by atoms with E-state index in [1.807, 2.05) is 12.1 Å². The van der Waals surface area contributed by atoms with Crippen LogP contribution in [-0.4, -0.2) is 41.4 Å². The maximum Gasteiger partial charge on any atom is 0.331 e. The predicted octanol–water partition coefficient (Wildman–Crippen LogP) is 3.08. The van der Waals surface area contributed by atoms with E-state index in [0.29, 0.717) is 28.1 Å². The Morgan fingerprint density at radius 1 is 1.23 bits per heavy atom. The molecule has 8 nitrogen and oxygen atoms in total. The van der Waals surface area contributed by atoms with Gasteiger partial charge in [-0.3, -0.25) is 24.8 Å². The van der Waals surface area contributed by atoms with Gasteiger partial charge in [0.05, 0.1) is 11.6 Å². The Morgan fingerprint density at radius 3 is 2.63 bits per heavy atom. The molecule has 154 valence electrons. The first-order valence-electron chi connectivity index (χ1n) is 8.83. The second-order valence-corrected chi connectivity index (χ2v) is 7.05. The molecule has 0 radical (unpaired) electrons. The number of pyridine rings is 1. The molecule has 1 aliphatic rings. The smallest absolute Gasteiger partial charge is 0.331 e. The molecule has 0 atom stereocenters. The number of hydrogen-bond acceptors (Lipinski definition) is 6. The van der Waals surface area contributed by atoms with Gasteiger partial charge in [-0.25, -0.2) is 4.79 Å². The van der Waals surface area contributed by atoms with Gasteiger partial charge in [-0.2, -0.15) is 0 Å². The molecule has 1 N–H and O–H groups in total. The van der Waals surface area contributed by atoms with Gasteiger partial charge < -0.3 is 9.47 Å². The van der Waals surface area contributed by atoms with Crippen molar-refractivity contribution in [1.82, 2.24) is 15.2 Å². The lowest BCUT2D eigenvalue weighted by Gasteiger charge is -2.25. The minimum absolute atomic E-state index is 0.00984. The number of amides is 4. The lowest BCUT2D eigenvalue weighted by Crippen LogP contribution is -2.54. The zero-order chi connectivity index (χ0) is 21.7. The van der Waals surface area contributed by atoms with Crippen LogP contribution in [0.15, 0.2) is 59.4 Å². The number of urea groups is 1. The SMILES string of the molecule is C=CCN1C(=O)NC(=O)/C(=C/c2cc(Br)c(OCc3ccncc3)c(OC)c2)C1=O. The van der Waals surface area contributed by atoms with Crippen LogP contribution in [0.4, 0.5) is 4.79 Å². The quantitative estimate of drug-likeness (QED) is 0.378. The number of benzene rings is 1. The highest BCUT2D eigenvalue weighted by Crippen LogP contribution is 2.38. The van der Waals surface area contributed by atoms with E-state index >= 15 is 0 Å². The van der Waals surface area contributed by atoms with Gasteiger partial charge in [0, 0.05) is 18.9 Å². The average Bonchev–Trinajstić information content (AvgIpc) is 2.73. The number of nitrogens with zero attached hydrogens (tertiary/aromatic N) is 2. The molecule has 1 aliphatic heterocycles. The number of halogens is 1. The maximum atomic E-state index is 12.6. The van der Waals surface area contributed by atoms with Crippen LogP contribution >= 0.6 is 15.9 Å². The van der Waals surface area contributed by atoms with Crippen molar-refractivity contribution >= 4 is 39.9 Å². The van der Waals surface area contributed by atoms with E-state index in [0.717, 1.165) is 10.5 Å². The number of carbonyl (C=O) groups excluding carboxylic acids is 3. The van der Waals surface area contributed by atoms with Gasteiger partial charge in [0.2, 0.25) is 0 Å². The van der Waals surface area contributed by atoms with E-state index in [2.05, 4.69) is 32.8 Å². The van der Waals surface area contributed by atoms with Gasteiger partial charge in [0.25, 0.3) is 11.8 Å². The standard InChI is InChI=1S/C21H18BrN3O5/c1-3-8-25-20(27)15(19(26)24-21(25)28)9-14-10-16(22)18(17(11-14)29-2)30-12-13-4-6-23-7-5-13/h3-7,9-11H,1,8,12H2,2H3,(H,24,26,28)/b15-9-. The second-order valence-electron chi connectivity index (χ2n) is 6.20. The summed E-state index contributed by atoms with van der Waals surface area (Å²) in [6, 6.07) is 6.22. The number of ether oxygens (including phenoxy) is 2. The molecular formula is C21H18BrN3O5. The van der Waals surface area contributed by atoms with Crippen LogP contribution in [0.2, 0.25) is 0 Å². The molecule has 0 spiro atoms. The molecule has 1 aromatic heterocycles. The summed E-state index contributed by atoms with van der Waals surface area (Å²) < 4.78 is 11.9. The van der Waals surface area contributed by atoms with Crippen molar-refractivity contribution in [2.45, 2.75) is 6.61 Å². The molecule has 1 fully saturated rings. The Balaban J connectivity index is 1.90. The largest absolute Gasteiger partial charge is 0.493 e. The van der Waals surface area contributed by atoms with Crippen LogP contribution in [0.5, 0.6) is 11.5 Å². The summed E-state index contributed by atoms with van der Waals surface area (Å²) in [5.74, 6) is -0.581. The molecule has 0 bridgehead atoms. The fourth-order valence-electron chi connectivity index (χ4n) is 2.75. The van der Waals surface area contributed by atoms with Gasteiger partial charge in [-0.15, -0.1) is 6.58 Å². The number of rotatable bonds is 7. The van der Waals surface area contributed by atoms with E-state index < -0.39 is 17.8 Å². The monoisotopic (exact) mass is 471 g/mol. The van der Waals surface area contributed by atoms with Gasteiger partial charge in [-0.05, 0) is 57.4 Å². The maximum absolute atomic E-state index is 12.6. The molecule has 2 aromatic rings. The molecule has 1 aromatic carbocycles. The number of carbonyl (C=O) groups is 3. The van der Waals surface area contributed by atoms with E-state index in [4.69, 9.17) is 9.47 Å². The van der Waals surface area contributed by atoms with E-state index in [1.165, 1.54) is 19.3 Å². The minimum Gasteiger partial charge on any atom is -0.493 e. The summed E-state index contributed by atoms with van der Waals surface area (Å²) in [6.07, 6.45) is 6.14. The highest BCUT2D eigenvalue weighted by Gasteiger charge is 2.35. The van der Waals surface area contributed by atoms with Crippen LogP contribution in [0.25, 0.3) is 6.08 Å². The van der Waals surface area contributed by atoms with E-state index in [9.17, 15) is 14.4 Å². The van der Waals surface area contributed by atoms with Gasteiger partial charge in [-0.1, -0.05) is 6.08 Å². The van der Waals surface area contributed by atoms with Gasteiger partial charge in [0.15, 0.2) is 11.5 Å². The lowest BCUT2D eigenvalue weighted by molar-refractivity contribution is -0.129. The zero-order valence-corrected chi connectivity index (χ0v) is 17.6. The average molecular weight is 472 g/mol. The summed E-state index contributed by atoms with van der Waals surface area (Å²) in [5.41, 5.74) is 1.28. The third kappa shape index (κ3) is 4.57. The van der Waals surface area contributed by atoms with Crippen LogP contribution in [0.1, 0.15) is 11.1 Å². The molecule has 30 heavy (non-hydrogen) atoms. The number of nitrogens with one attached hydrogen (secondary N) is 1. The van der Waals surface area contributed by atoms with Crippen molar-refractivity contribution in [3.8, 4) is 11.5 Å². The van der Waals surface area contributed by atoms with Crippen LogP contribution in [0.3, 0.4) is 0 Å². The summed E-state index contributed by atoms with van der Waals surface area (Å²) in [5, 5.41) is 2.15. The van der Waals surface area contributed by atoms with Crippen LogP contribution in [0, 0.1) is 0 Å². The first-order valence-corrected chi connectivity index (χ1v) is 9.63. The fraction of sp³-hybridized carbons (Fsp3) is 0.143. The number of hydrogen-bond donors (Lipinski definition) is 1. The molecule has 9 heteroatoms. The Morgan fingerprint density at radius 2 is 1.97 bits per heavy atom. The van der Waals surface area contributed by atoms with E-state index in [1.54, 1.807) is 24.5 Å². The predicted molar refractivity (Wildman–Crippen MR) is 113 cm³/mol. The third-order valence-electron chi connectivity index (χ3n) is 4.19.